The smallest absolute Gasteiger partial charge is 0.376 e. The van der Waals surface area contributed by atoms with Crippen molar-refractivity contribution in [2.24, 2.45) is 13.0 Å². The molecule has 4 rings (SSSR count). The number of nitrogens with one attached hydrogen (secondary N) is 1. The van der Waals surface area contributed by atoms with E-state index in [4.69, 9.17) is 0 Å². The topological polar surface area (TPSA) is 126 Å². The zero-order valence-corrected chi connectivity index (χ0v) is 22.2. The molecule has 0 aliphatic carbocycles. The molecule has 0 amide bonds. The maximum atomic E-state index is 13.7. The molecule has 0 aromatic carbocycles. The molecule has 1 fully saturated rings. The molecule has 0 bridgehead atoms. The summed E-state index contributed by atoms with van der Waals surface area (Å²) in [6, 6.07) is -0.423. The summed E-state index contributed by atoms with van der Waals surface area (Å²) >= 11 is 0.229. The Morgan fingerprint density at radius 1 is 1.13 bits per heavy atom. The Hall–Kier alpha value is -2.83. The number of nitrogens with zero attached hydrogens (tertiary/aromatic N) is 6. The van der Waals surface area contributed by atoms with Gasteiger partial charge in [-0.2, -0.15) is 35.7 Å². The van der Waals surface area contributed by atoms with E-state index in [1.54, 1.807) is 14.0 Å². The van der Waals surface area contributed by atoms with E-state index in [0.29, 0.717) is 19.3 Å². The number of aromatic nitrogens is 5. The minimum atomic E-state index is -5.09. The maximum absolute atomic E-state index is 13.7. The highest BCUT2D eigenvalue weighted by Crippen LogP contribution is 2.44. The van der Waals surface area contributed by atoms with Crippen LogP contribution in [0, 0.1) is 5.92 Å². The van der Waals surface area contributed by atoms with E-state index >= 15 is 0 Å². The van der Waals surface area contributed by atoms with Gasteiger partial charge in [-0.15, -0.1) is 11.3 Å². The highest BCUT2D eigenvalue weighted by Gasteiger charge is 2.52. The third-order valence-corrected chi connectivity index (χ3v) is 9.37. The SMILES string of the molecule is C[C@@H]1CN(S(=O)(=O)c2cnn(C)c2)CC[C@@H]1Nc1ncc(C(F)(F)F)c(-c2ncc(C(C)(O)C(F)(F)F)s2)n1. The monoisotopic (exact) mass is 599 g/mol. The van der Waals surface area contributed by atoms with Crippen LogP contribution in [0.15, 0.2) is 29.7 Å². The van der Waals surface area contributed by atoms with Crippen LogP contribution in [0.3, 0.4) is 0 Å². The quantitative estimate of drug-likeness (QED) is 0.412. The van der Waals surface area contributed by atoms with Gasteiger partial charge in [0.1, 0.15) is 21.2 Å². The Morgan fingerprint density at radius 3 is 2.38 bits per heavy atom. The van der Waals surface area contributed by atoms with Crippen molar-refractivity contribution in [2.45, 2.75) is 49.2 Å². The van der Waals surface area contributed by atoms with Gasteiger partial charge in [0.05, 0.1) is 11.1 Å². The van der Waals surface area contributed by atoms with Gasteiger partial charge in [0.2, 0.25) is 16.0 Å². The number of piperidine rings is 1. The van der Waals surface area contributed by atoms with Crippen LogP contribution >= 0.6 is 11.3 Å². The summed E-state index contributed by atoms with van der Waals surface area (Å²) in [5, 5.41) is 16.2. The number of sulfonamides is 1. The van der Waals surface area contributed by atoms with Gasteiger partial charge in [-0.25, -0.2) is 23.4 Å². The van der Waals surface area contributed by atoms with Gasteiger partial charge in [0, 0.05) is 44.8 Å². The minimum Gasteiger partial charge on any atom is -0.376 e. The van der Waals surface area contributed by atoms with Gasteiger partial charge in [0.25, 0.3) is 0 Å². The standard InChI is InChI=1S/C21H23F6N7O3S2/c1-11-9-34(39(36,37)12-6-30-33(3)10-12)5-4-14(11)31-18-29-7-13(20(22,23)24)16(32-18)17-28-8-15(38-17)19(2,35)21(25,26)27/h6-8,10-11,14,35H,4-5,9H2,1-3H3,(H,29,31,32)/t11-,14+,19?/m1/s1. The number of aryl methyl sites for hydroxylation is 1. The second kappa shape index (κ2) is 9.97. The van der Waals surface area contributed by atoms with Gasteiger partial charge in [-0.1, -0.05) is 6.92 Å². The molecule has 1 aliphatic rings. The van der Waals surface area contributed by atoms with Gasteiger partial charge >= 0.3 is 12.4 Å². The van der Waals surface area contributed by atoms with Crippen molar-refractivity contribution in [1.82, 2.24) is 29.0 Å². The Labute approximate surface area is 222 Å². The number of alkyl halides is 6. The zero-order chi connectivity index (χ0) is 29.0. The van der Waals surface area contributed by atoms with E-state index in [1.165, 1.54) is 21.4 Å². The number of hydrogen-bond donors (Lipinski definition) is 2. The summed E-state index contributed by atoms with van der Waals surface area (Å²) in [6.07, 6.45) is -5.98. The van der Waals surface area contributed by atoms with Crippen molar-refractivity contribution in [1.29, 1.82) is 0 Å². The number of rotatable bonds is 6. The molecule has 4 heterocycles. The van der Waals surface area contributed by atoms with Crippen molar-refractivity contribution < 1.29 is 39.9 Å². The van der Waals surface area contributed by atoms with Crippen molar-refractivity contribution in [3.63, 3.8) is 0 Å². The fraction of sp³-hybridized carbons (Fsp3) is 0.524. The normalized spacial score (nSPS) is 21.1. The van der Waals surface area contributed by atoms with Crippen LogP contribution in [-0.2, 0) is 28.8 Å². The first-order valence-electron chi connectivity index (χ1n) is 11.4. The van der Waals surface area contributed by atoms with Crippen LogP contribution < -0.4 is 5.32 Å². The van der Waals surface area contributed by atoms with E-state index in [0.717, 1.165) is 0 Å². The van der Waals surface area contributed by atoms with Crippen molar-refractivity contribution >= 4 is 27.3 Å². The fourth-order valence-corrected chi connectivity index (χ4v) is 6.48. The molecule has 3 aromatic rings. The Balaban J connectivity index is 1.58. The summed E-state index contributed by atoms with van der Waals surface area (Å²) in [5.41, 5.74) is -5.39. The Bertz CT molecular complexity index is 1450. The van der Waals surface area contributed by atoms with E-state index in [1.807, 2.05) is 0 Å². The van der Waals surface area contributed by atoms with Crippen LogP contribution in [0.25, 0.3) is 10.7 Å². The molecule has 0 radical (unpaired) electrons. The lowest BCUT2D eigenvalue weighted by atomic mass is 9.95. The average Bonchev–Trinajstić information content (AvgIpc) is 3.49. The lowest BCUT2D eigenvalue weighted by molar-refractivity contribution is -0.257. The number of hydrogen-bond acceptors (Lipinski definition) is 9. The van der Waals surface area contributed by atoms with Crippen molar-refractivity contribution in [3.05, 3.63) is 35.2 Å². The molecule has 18 heteroatoms. The fourth-order valence-electron chi connectivity index (χ4n) is 3.96. The van der Waals surface area contributed by atoms with E-state index in [9.17, 15) is 39.9 Å². The predicted molar refractivity (Wildman–Crippen MR) is 127 cm³/mol. The van der Waals surface area contributed by atoms with E-state index in [2.05, 4.69) is 25.4 Å². The predicted octanol–water partition coefficient (Wildman–Crippen LogP) is 3.63. The second-order valence-electron chi connectivity index (χ2n) is 9.28. The average molecular weight is 600 g/mol. The summed E-state index contributed by atoms with van der Waals surface area (Å²) in [7, 11) is -2.21. The summed E-state index contributed by atoms with van der Waals surface area (Å²) in [4.78, 5) is 10.6. The third kappa shape index (κ3) is 5.73. The number of anilines is 1. The zero-order valence-electron chi connectivity index (χ0n) is 20.6. The van der Waals surface area contributed by atoms with Gasteiger partial charge in [0.15, 0.2) is 5.60 Å². The van der Waals surface area contributed by atoms with E-state index in [-0.39, 0.29) is 47.6 Å². The van der Waals surface area contributed by atoms with Crippen LogP contribution in [0.1, 0.15) is 30.7 Å². The molecular formula is C21H23F6N7O3S2. The van der Waals surface area contributed by atoms with Crippen molar-refractivity contribution in [3.8, 4) is 10.7 Å². The summed E-state index contributed by atoms with van der Waals surface area (Å²) in [6.45, 7) is 2.43. The Morgan fingerprint density at radius 2 is 1.82 bits per heavy atom. The molecule has 0 saturated carbocycles. The summed E-state index contributed by atoms with van der Waals surface area (Å²) < 4.78 is 109. The molecule has 2 N–H and O–H groups in total. The second-order valence-corrected chi connectivity index (χ2v) is 12.3. The molecule has 1 unspecified atom stereocenters. The molecule has 1 saturated heterocycles. The maximum Gasteiger partial charge on any atom is 0.422 e. The highest BCUT2D eigenvalue weighted by molar-refractivity contribution is 7.89. The third-order valence-electron chi connectivity index (χ3n) is 6.34. The van der Waals surface area contributed by atoms with Gasteiger partial charge in [-0.3, -0.25) is 4.68 Å². The lowest BCUT2D eigenvalue weighted by Gasteiger charge is -2.36. The van der Waals surface area contributed by atoms with E-state index < -0.39 is 55.2 Å². The van der Waals surface area contributed by atoms with Crippen LogP contribution in [-0.4, -0.2) is 67.9 Å². The molecule has 1 aliphatic heterocycles. The molecule has 214 valence electrons. The number of halogens is 6. The van der Waals surface area contributed by atoms with Gasteiger partial charge < -0.3 is 10.4 Å². The number of thiazole rings is 1. The van der Waals surface area contributed by atoms with Crippen LogP contribution in [0.2, 0.25) is 0 Å². The highest BCUT2D eigenvalue weighted by atomic mass is 32.2. The molecule has 3 atom stereocenters. The van der Waals surface area contributed by atoms with Crippen molar-refractivity contribution in [2.75, 3.05) is 18.4 Å². The first kappa shape index (κ1) is 29.2. The van der Waals surface area contributed by atoms with Gasteiger partial charge in [-0.05, 0) is 19.3 Å². The van der Waals surface area contributed by atoms with Crippen LogP contribution in [0.5, 0.6) is 0 Å². The largest absolute Gasteiger partial charge is 0.422 e. The minimum absolute atomic E-state index is 0.0339. The molecular weight excluding hydrogens is 576 g/mol. The summed E-state index contributed by atoms with van der Waals surface area (Å²) in [5.74, 6) is -0.550. The Kier molecular flexibility index (Phi) is 7.46. The first-order chi connectivity index (χ1) is 17.9. The first-order valence-corrected chi connectivity index (χ1v) is 13.6. The van der Waals surface area contributed by atoms with Crippen LogP contribution in [0.4, 0.5) is 32.3 Å². The molecule has 3 aromatic heterocycles. The lowest BCUT2D eigenvalue weighted by Crippen LogP contribution is -2.47. The molecule has 0 spiro atoms. The molecule has 39 heavy (non-hydrogen) atoms. The molecule has 10 nitrogen and oxygen atoms in total. The number of aliphatic hydroxyl groups is 1.